The fourth-order valence-corrected chi connectivity index (χ4v) is 1.40. The van der Waals surface area contributed by atoms with Crippen molar-refractivity contribution >= 4 is 5.84 Å². The van der Waals surface area contributed by atoms with Crippen LogP contribution in [0.5, 0.6) is 0 Å². The van der Waals surface area contributed by atoms with E-state index in [4.69, 9.17) is 5.73 Å². The number of amidine groups is 1. The molecule has 1 unspecified atom stereocenters. The molecule has 0 saturated heterocycles. The van der Waals surface area contributed by atoms with Crippen molar-refractivity contribution in [2.45, 2.75) is 34.6 Å². The Morgan fingerprint density at radius 2 is 1.83 bits per heavy atom. The fraction of sp³-hybridized carbons (Fsp3) is 0.438. The van der Waals surface area contributed by atoms with Crippen molar-refractivity contribution < 1.29 is 0 Å². The summed E-state index contributed by atoms with van der Waals surface area (Å²) in [5, 5.41) is 0. The number of hydrogen-bond acceptors (Lipinski definition) is 1. The smallest absolute Gasteiger partial charge is 0.130 e. The first-order valence-electron chi connectivity index (χ1n) is 6.40. The Hall–Kier alpha value is -1.57. The average molecular weight is 246 g/mol. The highest BCUT2D eigenvalue weighted by atomic mass is 14.8. The highest BCUT2D eigenvalue weighted by Gasteiger charge is 2.05. The Bertz CT molecular complexity index is 382. The van der Waals surface area contributed by atoms with E-state index in [0.29, 0.717) is 17.7 Å². The molecule has 18 heavy (non-hydrogen) atoms. The summed E-state index contributed by atoms with van der Waals surface area (Å²) in [6.07, 6.45) is 9.74. The second kappa shape index (κ2) is 8.51. The molecular formula is C16H26N2. The van der Waals surface area contributed by atoms with E-state index in [1.807, 2.05) is 26.0 Å². The SMILES string of the molecule is C=CN=C(N)C(/C=C\C(C)C(C)C)=C(C)\C=C\C. The van der Waals surface area contributed by atoms with Gasteiger partial charge >= 0.3 is 0 Å². The summed E-state index contributed by atoms with van der Waals surface area (Å²) in [4.78, 5) is 4.07. The van der Waals surface area contributed by atoms with Gasteiger partial charge in [-0.3, -0.25) is 0 Å². The van der Waals surface area contributed by atoms with Gasteiger partial charge < -0.3 is 5.73 Å². The highest BCUT2D eigenvalue weighted by molar-refractivity contribution is 6.00. The van der Waals surface area contributed by atoms with Crippen molar-refractivity contribution in [2.75, 3.05) is 0 Å². The third kappa shape index (κ3) is 5.67. The molecule has 0 radical (unpaired) electrons. The molecule has 1 atom stereocenters. The van der Waals surface area contributed by atoms with Gasteiger partial charge in [0.1, 0.15) is 5.84 Å². The maximum atomic E-state index is 5.96. The van der Waals surface area contributed by atoms with Gasteiger partial charge in [0.25, 0.3) is 0 Å². The van der Waals surface area contributed by atoms with Gasteiger partial charge in [-0.25, -0.2) is 4.99 Å². The molecule has 2 nitrogen and oxygen atoms in total. The van der Waals surface area contributed by atoms with Crippen molar-refractivity contribution in [3.8, 4) is 0 Å². The van der Waals surface area contributed by atoms with Crippen LogP contribution in [-0.2, 0) is 0 Å². The molecule has 100 valence electrons. The van der Waals surface area contributed by atoms with E-state index in [0.717, 1.165) is 11.1 Å². The summed E-state index contributed by atoms with van der Waals surface area (Å²) in [7, 11) is 0. The zero-order valence-electron chi connectivity index (χ0n) is 12.3. The molecule has 2 N–H and O–H groups in total. The first kappa shape index (κ1) is 16.4. The topological polar surface area (TPSA) is 38.4 Å². The summed E-state index contributed by atoms with van der Waals surface area (Å²) < 4.78 is 0. The lowest BCUT2D eigenvalue weighted by Crippen LogP contribution is -2.14. The molecule has 0 aliphatic rings. The van der Waals surface area contributed by atoms with Crippen LogP contribution in [0.1, 0.15) is 34.6 Å². The van der Waals surface area contributed by atoms with Crippen LogP contribution in [0.15, 0.2) is 53.2 Å². The lowest BCUT2D eigenvalue weighted by Gasteiger charge is -2.11. The van der Waals surface area contributed by atoms with Crippen LogP contribution in [0, 0.1) is 11.8 Å². The lowest BCUT2D eigenvalue weighted by molar-refractivity contribution is 0.504. The van der Waals surface area contributed by atoms with Gasteiger partial charge in [0.15, 0.2) is 0 Å². The maximum absolute atomic E-state index is 5.96. The van der Waals surface area contributed by atoms with Crippen LogP contribution in [0.3, 0.4) is 0 Å². The zero-order chi connectivity index (χ0) is 14.1. The van der Waals surface area contributed by atoms with Crippen LogP contribution < -0.4 is 5.73 Å². The van der Waals surface area contributed by atoms with E-state index in [1.54, 1.807) is 0 Å². The summed E-state index contributed by atoms with van der Waals surface area (Å²) >= 11 is 0. The number of aliphatic imine (C=N–C) groups is 1. The van der Waals surface area contributed by atoms with E-state index >= 15 is 0 Å². The molecule has 0 aliphatic heterocycles. The summed E-state index contributed by atoms with van der Waals surface area (Å²) in [6.45, 7) is 14.2. The molecule has 0 aliphatic carbocycles. The van der Waals surface area contributed by atoms with Crippen molar-refractivity contribution in [3.63, 3.8) is 0 Å². The van der Waals surface area contributed by atoms with E-state index in [9.17, 15) is 0 Å². The predicted octanol–water partition coefficient (Wildman–Crippen LogP) is 4.23. The molecule has 0 aromatic heterocycles. The highest BCUT2D eigenvalue weighted by Crippen LogP contribution is 2.15. The predicted molar refractivity (Wildman–Crippen MR) is 82.5 cm³/mol. The van der Waals surface area contributed by atoms with Crippen LogP contribution >= 0.6 is 0 Å². The first-order valence-corrected chi connectivity index (χ1v) is 6.40. The van der Waals surface area contributed by atoms with E-state index < -0.39 is 0 Å². The van der Waals surface area contributed by atoms with E-state index in [2.05, 4.69) is 44.5 Å². The number of hydrogen-bond donors (Lipinski definition) is 1. The average Bonchev–Trinajstić information content (AvgIpc) is 2.29. The minimum Gasteiger partial charge on any atom is -0.383 e. The lowest BCUT2D eigenvalue weighted by atomic mass is 9.96. The van der Waals surface area contributed by atoms with Gasteiger partial charge in [0.05, 0.1) is 0 Å². The monoisotopic (exact) mass is 246 g/mol. The molecule has 0 aromatic carbocycles. The fourth-order valence-electron chi connectivity index (χ4n) is 1.40. The van der Waals surface area contributed by atoms with Crippen LogP contribution in [0.25, 0.3) is 0 Å². The van der Waals surface area contributed by atoms with Crippen molar-refractivity contribution in [2.24, 2.45) is 22.6 Å². The number of nitrogens with zero attached hydrogens (tertiary/aromatic N) is 1. The minimum absolute atomic E-state index is 0.507. The minimum atomic E-state index is 0.507. The number of rotatable bonds is 6. The molecule has 0 bridgehead atoms. The third-order valence-corrected chi connectivity index (χ3v) is 2.97. The Morgan fingerprint density at radius 1 is 1.22 bits per heavy atom. The molecule has 0 fully saturated rings. The van der Waals surface area contributed by atoms with Gasteiger partial charge in [0, 0.05) is 11.8 Å². The molecule has 0 spiro atoms. The summed E-state index contributed by atoms with van der Waals surface area (Å²) in [5.41, 5.74) is 8.02. The van der Waals surface area contributed by atoms with Gasteiger partial charge in [-0.15, -0.1) is 0 Å². The second-order valence-corrected chi connectivity index (χ2v) is 4.76. The van der Waals surface area contributed by atoms with Gasteiger partial charge in [-0.2, -0.15) is 0 Å². The van der Waals surface area contributed by atoms with Crippen molar-refractivity contribution in [1.29, 1.82) is 0 Å². The summed E-state index contributed by atoms with van der Waals surface area (Å²) in [6, 6.07) is 0. The Morgan fingerprint density at radius 3 is 2.28 bits per heavy atom. The molecule has 0 heterocycles. The zero-order valence-corrected chi connectivity index (χ0v) is 12.3. The van der Waals surface area contributed by atoms with Crippen molar-refractivity contribution in [1.82, 2.24) is 0 Å². The molecule has 0 aromatic rings. The molecule has 0 rings (SSSR count). The largest absolute Gasteiger partial charge is 0.383 e. The number of nitrogens with two attached hydrogens (primary N) is 1. The third-order valence-electron chi connectivity index (χ3n) is 2.97. The maximum Gasteiger partial charge on any atom is 0.130 e. The normalized spacial score (nSPS) is 16.4. The summed E-state index contributed by atoms with van der Waals surface area (Å²) in [5.74, 6) is 1.63. The van der Waals surface area contributed by atoms with Crippen LogP contribution in [-0.4, -0.2) is 5.84 Å². The Kier molecular flexibility index (Phi) is 7.77. The Labute approximate surface area is 112 Å². The van der Waals surface area contributed by atoms with Gasteiger partial charge in [-0.05, 0) is 31.3 Å². The van der Waals surface area contributed by atoms with Gasteiger partial charge in [-0.1, -0.05) is 51.7 Å². The van der Waals surface area contributed by atoms with Gasteiger partial charge in [0.2, 0.25) is 0 Å². The van der Waals surface area contributed by atoms with E-state index in [1.165, 1.54) is 6.20 Å². The number of allylic oxidation sites excluding steroid dienone is 4. The molecule has 0 amide bonds. The quantitative estimate of drug-likeness (QED) is 0.425. The molecular weight excluding hydrogens is 220 g/mol. The second-order valence-electron chi connectivity index (χ2n) is 4.76. The van der Waals surface area contributed by atoms with Crippen LogP contribution in [0.2, 0.25) is 0 Å². The molecule has 0 saturated carbocycles. The van der Waals surface area contributed by atoms with Crippen molar-refractivity contribution in [3.05, 3.63) is 48.2 Å². The molecule has 2 heteroatoms. The van der Waals surface area contributed by atoms with Crippen LogP contribution in [0.4, 0.5) is 0 Å². The first-order chi connectivity index (χ1) is 8.43. The standard InChI is InChI=1S/C16H26N2/c1-7-9-14(6)15(16(17)18-8-2)11-10-13(5)12(3)4/h7-13H,2H2,1,3-6H3,(H2,17,18)/b9-7+,11-10-,15-14-. The van der Waals surface area contributed by atoms with E-state index in [-0.39, 0.29) is 0 Å². The Balaban J connectivity index is 5.32.